The lowest BCUT2D eigenvalue weighted by Crippen LogP contribution is -2.10. The van der Waals surface area contributed by atoms with Crippen molar-refractivity contribution < 1.29 is 9.00 Å². The quantitative estimate of drug-likeness (QED) is 0.693. The van der Waals surface area contributed by atoms with Crippen LogP contribution >= 0.6 is 50.5 Å². The third-order valence-corrected chi connectivity index (χ3v) is 6.20. The molecule has 0 spiro atoms. The molecule has 7 heteroatoms. The zero-order valence-corrected chi connectivity index (χ0v) is 14.1. The standard InChI is InChI=1S/C12H7BrCl2O2S2/c13-11-5-4-10(18-11)9(16)6-19(17)12-7(14)2-1-3-8(12)15/h1-5H,6H2. The van der Waals surface area contributed by atoms with Crippen LogP contribution in [-0.2, 0) is 10.8 Å². The van der Waals surface area contributed by atoms with Crippen LogP contribution in [0.3, 0.4) is 0 Å². The lowest BCUT2D eigenvalue weighted by atomic mass is 10.3. The topological polar surface area (TPSA) is 34.1 Å². The molecule has 2 rings (SSSR count). The van der Waals surface area contributed by atoms with Crippen LogP contribution in [0.4, 0.5) is 0 Å². The normalized spacial score (nSPS) is 12.4. The average molecular weight is 398 g/mol. The van der Waals surface area contributed by atoms with Crippen molar-refractivity contribution in [2.45, 2.75) is 4.90 Å². The first-order valence-electron chi connectivity index (χ1n) is 5.10. The molecule has 100 valence electrons. The molecule has 19 heavy (non-hydrogen) atoms. The van der Waals surface area contributed by atoms with E-state index >= 15 is 0 Å². The SMILES string of the molecule is O=C(CS(=O)c1c(Cl)cccc1Cl)c1ccc(Br)s1. The van der Waals surface area contributed by atoms with Gasteiger partial charge in [0.25, 0.3) is 0 Å². The van der Waals surface area contributed by atoms with Crippen LogP contribution in [0.2, 0.25) is 10.0 Å². The Morgan fingerprint density at radius 3 is 2.37 bits per heavy atom. The number of thiophene rings is 1. The summed E-state index contributed by atoms with van der Waals surface area (Å²) in [6.07, 6.45) is 0. The van der Waals surface area contributed by atoms with E-state index in [0.717, 1.165) is 3.79 Å². The van der Waals surface area contributed by atoms with Crippen molar-refractivity contribution in [2.75, 3.05) is 5.75 Å². The average Bonchev–Trinajstić information content (AvgIpc) is 2.75. The maximum Gasteiger partial charge on any atom is 0.185 e. The second-order valence-electron chi connectivity index (χ2n) is 3.57. The minimum absolute atomic E-state index is 0.129. The third-order valence-electron chi connectivity index (χ3n) is 2.26. The first-order valence-corrected chi connectivity index (χ1v) is 8.78. The van der Waals surface area contributed by atoms with Gasteiger partial charge in [-0.2, -0.15) is 0 Å². The highest BCUT2D eigenvalue weighted by molar-refractivity contribution is 9.11. The zero-order chi connectivity index (χ0) is 14.0. The summed E-state index contributed by atoms with van der Waals surface area (Å²) in [4.78, 5) is 12.8. The first kappa shape index (κ1) is 15.2. The van der Waals surface area contributed by atoms with Crippen LogP contribution in [0.1, 0.15) is 9.67 Å². The van der Waals surface area contributed by atoms with Gasteiger partial charge in [0.15, 0.2) is 5.78 Å². The van der Waals surface area contributed by atoms with E-state index in [-0.39, 0.29) is 11.5 Å². The summed E-state index contributed by atoms with van der Waals surface area (Å²) in [7, 11) is -1.55. The predicted molar refractivity (Wildman–Crippen MR) is 84.1 cm³/mol. The number of Topliss-reactive ketones (excluding diaryl/α,β-unsaturated/α-hetero) is 1. The molecule has 2 nitrogen and oxygen atoms in total. The van der Waals surface area contributed by atoms with E-state index in [9.17, 15) is 9.00 Å². The summed E-state index contributed by atoms with van der Waals surface area (Å²) in [5.41, 5.74) is 0. The molecule has 0 aliphatic carbocycles. The van der Waals surface area contributed by atoms with Crippen molar-refractivity contribution in [3.63, 3.8) is 0 Å². The lowest BCUT2D eigenvalue weighted by molar-refractivity contribution is 0.102. The predicted octanol–water partition coefficient (Wildman–Crippen LogP) is 4.81. The van der Waals surface area contributed by atoms with Crippen LogP contribution in [-0.4, -0.2) is 15.7 Å². The molecule has 1 aromatic heterocycles. The molecule has 1 unspecified atom stereocenters. The smallest absolute Gasteiger partial charge is 0.185 e. The highest BCUT2D eigenvalue weighted by atomic mass is 79.9. The summed E-state index contributed by atoms with van der Waals surface area (Å²) in [5, 5.41) is 0.622. The summed E-state index contributed by atoms with van der Waals surface area (Å²) < 4.78 is 13.0. The van der Waals surface area contributed by atoms with Crippen molar-refractivity contribution in [3.8, 4) is 0 Å². The fraction of sp³-hybridized carbons (Fsp3) is 0.0833. The maximum atomic E-state index is 12.2. The molecule has 1 atom stereocenters. The molecular formula is C12H7BrCl2O2S2. The van der Waals surface area contributed by atoms with Crippen molar-refractivity contribution in [1.82, 2.24) is 0 Å². The Balaban J connectivity index is 2.20. The molecule has 0 fully saturated rings. The summed E-state index contributed by atoms with van der Waals surface area (Å²) in [6.45, 7) is 0. The van der Waals surface area contributed by atoms with Crippen LogP contribution in [0.15, 0.2) is 39.0 Å². The molecule has 0 N–H and O–H groups in total. The van der Waals surface area contributed by atoms with Crippen LogP contribution in [0, 0.1) is 0 Å². The molecule has 0 saturated carbocycles. The number of carbonyl (C=O) groups is 1. The number of carbonyl (C=O) groups excluding carboxylic acids is 1. The molecule has 0 amide bonds. The van der Waals surface area contributed by atoms with Gasteiger partial charge in [0, 0.05) is 0 Å². The van der Waals surface area contributed by atoms with Gasteiger partial charge in [-0.25, -0.2) is 0 Å². The third kappa shape index (κ3) is 3.67. The Hall–Kier alpha value is -0.200. The van der Waals surface area contributed by atoms with Crippen molar-refractivity contribution >= 4 is 67.1 Å². The van der Waals surface area contributed by atoms with Gasteiger partial charge in [0.2, 0.25) is 0 Å². The Morgan fingerprint density at radius 2 is 1.84 bits per heavy atom. The van der Waals surface area contributed by atoms with Gasteiger partial charge in [-0.3, -0.25) is 9.00 Å². The van der Waals surface area contributed by atoms with Crippen LogP contribution in [0.5, 0.6) is 0 Å². The van der Waals surface area contributed by atoms with E-state index in [4.69, 9.17) is 23.2 Å². The second kappa shape index (κ2) is 6.50. The summed E-state index contributed by atoms with van der Waals surface area (Å²) >= 11 is 16.5. The second-order valence-corrected chi connectivity index (χ2v) is 8.23. The fourth-order valence-electron chi connectivity index (χ4n) is 1.43. The first-order chi connectivity index (χ1) is 8.99. The Bertz CT molecular complexity index is 635. The van der Waals surface area contributed by atoms with Crippen LogP contribution < -0.4 is 0 Å². The van der Waals surface area contributed by atoms with Gasteiger partial charge >= 0.3 is 0 Å². The molecule has 1 aromatic carbocycles. The molecule has 0 saturated heterocycles. The van der Waals surface area contributed by atoms with Crippen molar-refractivity contribution in [1.29, 1.82) is 0 Å². The molecule has 2 aromatic rings. The van der Waals surface area contributed by atoms with Crippen LogP contribution in [0.25, 0.3) is 0 Å². The molecule has 0 radical (unpaired) electrons. The van der Waals surface area contributed by atoms with Gasteiger partial charge in [0.05, 0.1) is 40.2 Å². The number of rotatable bonds is 4. The number of ketones is 1. The fourth-order valence-corrected chi connectivity index (χ4v) is 4.86. The Kier molecular flexibility index (Phi) is 5.20. The minimum atomic E-state index is -1.55. The number of benzene rings is 1. The van der Waals surface area contributed by atoms with Gasteiger partial charge < -0.3 is 0 Å². The number of halogens is 3. The Labute approximate surface area is 135 Å². The van der Waals surface area contributed by atoms with E-state index in [2.05, 4.69) is 15.9 Å². The van der Waals surface area contributed by atoms with Crippen molar-refractivity contribution in [3.05, 3.63) is 49.0 Å². The zero-order valence-electron chi connectivity index (χ0n) is 9.36. The van der Waals surface area contributed by atoms with E-state index in [1.807, 2.05) is 0 Å². The number of hydrogen-bond donors (Lipinski definition) is 0. The van der Waals surface area contributed by atoms with E-state index in [1.165, 1.54) is 11.3 Å². The van der Waals surface area contributed by atoms with E-state index in [1.54, 1.807) is 30.3 Å². The highest BCUT2D eigenvalue weighted by Gasteiger charge is 2.18. The molecule has 0 aliphatic rings. The van der Waals surface area contributed by atoms with E-state index < -0.39 is 10.8 Å². The molecule has 0 aliphatic heterocycles. The highest BCUT2D eigenvalue weighted by Crippen LogP contribution is 2.29. The number of hydrogen-bond acceptors (Lipinski definition) is 3. The molecular weight excluding hydrogens is 391 g/mol. The summed E-state index contributed by atoms with van der Waals surface area (Å²) in [6, 6.07) is 8.36. The molecule has 0 bridgehead atoms. The Morgan fingerprint density at radius 1 is 1.21 bits per heavy atom. The lowest BCUT2D eigenvalue weighted by Gasteiger charge is -2.05. The molecule has 1 heterocycles. The largest absolute Gasteiger partial charge is 0.292 e. The minimum Gasteiger partial charge on any atom is -0.292 e. The maximum absolute atomic E-state index is 12.2. The monoisotopic (exact) mass is 396 g/mol. The van der Waals surface area contributed by atoms with Crippen molar-refractivity contribution in [2.24, 2.45) is 0 Å². The van der Waals surface area contributed by atoms with Gasteiger partial charge in [-0.1, -0.05) is 29.3 Å². The van der Waals surface area contributed by atoms with Gasteiger partial charge in [-0.15, -0.1) is 11.3 Å². The summed E-state index contributed by atoms with van der Waals surface area (Å²) in [5.74, 6) is -0.318. The van der Waals surface area contributed by atoms with Gasteiger partial charge in [-0.05, 0) is 40.2 Å². The van der Waals surface area contributed by atoms with Gasteiger partial charge in [0.1, 0.15) is 0 Å². The van der Waals surface area contributed by atoms with E-state index in [0.29, 0.717) is 19.8 Å².